The van der Waals surface area contributed by atoms with E-state index in [1.54, 1.807) is 0 Å². The average Bonchev–Trinajstić information content (AvgIpc) is 2.48. The molecule has 2 atom stereocenters. The fourth-order valence-electron chi connectivity index (χ4n) is 2.78. The minimum absolute atomic E-state index is 0.427. The largest absolute Gasteiger partial charge is 0.372 e. The summed E-state index contributed by atoms with van der Waals surface area (Å²) in [5, 5.41) is 3.39. The molecule has 0 saturated heterocycles. The number of nitrogens with one attached hydrogen (secondary N) is 1. The minimum atomic E-state index is 0.427. The maximum Gasteiger partial charge on any atom is 0.0891 e. The van der Waals surface area contributed by atoms with Crippen molar-refractivity contribution in [3.8, 4) is 0 Å². The van der Waals surface area contributed by atoms with Crippen LogP contribution in [0, 0.1) is 5.92 Å². The van der Waals surface area contributed by atoms with Gasteiger partial charge in [-0.2, -0.15) is 0 Å². The van der Waals surface area contributed by atoms with Crippen LogP contribution in [0.3, 0.4) is 0 Å². The summed E-state index contributed by atoms with van der Waals surface area (Å²) in [5.41, 5.74) is 2.29. The van der Waals surface area contributed by atoms with Gasteiger partial charge in [-0.3, -0.25) is 4.98 Å². The Hall–Kier alpha value is -0.930. The topological polar surface area (TPSA) is 34.1 Å². The van der Waals surface area contributed by atoms with Gasteiger partial charge in [0.2, 0.25) is 0 Å². The van der Waals surface area contributed by atoms with Gasteiger partial charge in [-0.05, 0) is 43.4 Å². The lowest BCUT2D eigenvalue weighted by Crippen LogP contribution is -2.25. The molecule has 0 spiro atoms. The molecule has 1 saturated carbocycles. The second-order valence-corrected chi connectivity index (χ2v) is 5.95. The number of nitrogens with zero attached hydrogens (tertiary/aromatic N) is 1. The van der Waals surface area contributed by atoms with Gasteiger partial charge in [-0.1, -0.05) is 32.8 Å². The van der Waals surface area contributed by atoms with Crippen molar-refractivity contribution in [1.29, 1.82) is 0 Å². The Morgan fingerprint density at radius 1 is 1.30 bits per heavy atom. The van der Waals surface area contributed by atoms with Crippen LogP contribution in [0.1, 0.15) is 57.2 Å². The van der Waals surface area contributed by atoms with Crippen LogP contribution in [-0.2, 0) is 17.9 Å². The summed E-state index contributed by atoms with van der Waals surface area (Å²) in [6.45, 7) is 7.10. The van der Waals surface area contributed by atoms with Gasteiger partial charge < -0.3 is 10.1 Å². The summed E-state index contributed by atoms with van der Waals surface area (Å²) < 4.78 is 6.04. The van der Waals surface area contributed by atoms with Gasteiger partial charge in [-0.25, -0.2) is 0 Å². The first kappa shape index (κ1) is 15.5. The molecule has 112 valence electrons. The van der Waals surface area contributed by atoms with Crippen molar-refractivity contribution in [2.75, 3.05) is 6.54 Å². The predicted octanol–water partition coefficient (Wildman–Crippen LogP) is 3.68. The van der Waals surface area contributed by atoms with Gasteiger partial charge in [0.25, 0.3) is 0 Å². The second-order valence-electron chi connectivity index (χ2n) is 5.95. The molecule has 20 heavy (non-hydrogen) atoms. The molecule has 1 fully saturated rings. The van der Waals surface area contributed by atoms with Crippen molar-refractivity contribution in [3.05, 3.63) is 29.6 Å². The molecule has 0 aliphatic heterocycles. The van der Waals surface area contributed by atoms with E-state index < -0.39 is 0 Å². The molecule has 2 rings (SSSR count). The number of aromatic nitrogens is 1. The lowest BCUT2D eigenvalue weighted by atomic mass is 9.88. The molecule has 3 heteroatoms. The van der Waals surface area contributed by atoms with Crippen LogP contribution in [0.4, 0.5) is 0 Å². The summed E-state index contributed by atoms with van der Waals surface area (Å²) in [6.07, 6.45) is 8.74. The second kappa shape index (κ2) is 8.38. The van der Waals surface area contributed by atoms with Crippen LogP contribution < -0.4 is 5.32 Å². The highest BCUT2D eigenvalue weighted by molar-refractivity contribution is 5.13. The first-order valence-electron chi connectivity index (χ1n) is 8.05. The summed E-state index contributed by atoms with van der Waals surface area (Å²) in [6, 6.07) is 4.25. The van der Waals surface area contributed by atoms with Gasteiger partial charge in [0.05, 0.1) is 18.4 Å². The molecule has 1 aliphatic carbocycles. The zero-order valence-corrected chi connectivity index (χ0v) is 12.9. The Bertz CT molecular complexity index is 377. The smallest absolute Gasteiger partial charge is 0.0891 e. The van der Waals surface area contributed by atoms with Crippen molar-refractivity contribution < 1.29 is 4.74 Å². The first-order chi connectivity index (χ1) is 9.79. The minimum Gasteiger partial charge on any atom is -0.372 e. The van der Waals surface area contributed by atoms with E-state index in [9.17, 15) is 0 Å². The van der Waals surface area contributed by atoms with Crippen molar-refractivity contribution in [1.82, 2.24) is 10.3 Å². The van der Waals surface area contributed by atoms with Crippen molar-refractivity contribution >= 4 is 0 Å². The van der Waals surface area contributed by atoms with Crippen LogP contribution in [0.15, 0.2) is 18.3 Å². The molecule has 1 aromatic heterocycles. The van der Waals surface area contributed by atoms with Crippen molar-refractivity contribution in [3.63, 3.8) is 0 Å². The molecule has 0 radical (unpaired) electrons. The zero-order chi connectivity index (χ0) is 14.2. The number of hydrogen-bond acceptors (Lipinski definition) is 3. The molecule has 0 bridgehead atoms. The van der Waals surface area contributed by atoms with Gasteiger partial charge in [-0.15, -0.1) is 0 Å². The number of pyridine rings is 1. The van der Waals surface area contributed by atoms with Gasteiger partial charge >= 0.3 is 0 Å². The third-order valence-corrected chi connectivity index (χ3v) is 4.12. The Morgan fingerprint density at radius 3 is 2.85 bits per heavy atom. The van der Waals surface area contributed by atoms with Gasteiger partial charge in [0, 0.05) is 12.7 Å². The van der Waals surface area contributed by atoms with Crippen LogP contribution in [0.2, 0.25) is 0 Å². The molecule has 3 nitrogen and oxygen atoms in total. The van der Waals surface area contributed by atoms with Crippen LogP contribution >= 0.6 is 0 Å². The Kier molecular flexibility index (Phi) is 6.48. The summed E-state index contributed by atoms with van der Waals surface area (Å²) >= 11 is 0. The number of rotatable bonds is 7. The molecular weight excluding hydrogens is 248 g/mol. The Balaban J connectivity index is 1.75. The Morgan fingerprint density at radius 2 is 2.15 bits per heavy atom. The van der Waals surface area contributed by atoms with E-state index in [1.807, 2.05) is 6.20 Å². The fraction of sp³-hybridized carbons (Fsp3) is 0.706. The quantitative estimate of drug-likeness (QED) is 0.771. The lowest BCUT2D eigenvalue weighted by molar-refractivity contribution is -0.0167. The molecule has 1 aliphatic rings. The normalized spacial score (nSPS) is 22.9. The standard InChI is InChI=1S/C17H28N2O/c1-3-10-18-11-15-8-9-16(19-12-15)13-20-17-7-5-4-6-14(17)2/h8-9,12,14,17-18H,3-7,10-11,13H2,1-2H3. The van der Waals surface area contributed by atoms with Crippen LogP contribution in [-0.4, -0.2) is 17.6 Å². The highest BCUT2D eigenvalue weighted by atomic mass is 16.5. The van der Waals surface area contributed by atoms with Crippen molar-refractivity contribution in [2.45, 2.75) is 65.2 Å². The fourth-order valence-corrected chi connectivity index (χ4v) is 2.78. The molecule has 2 unspecified atom stereocenters. The lowest BCUT2D eigenvalue weighted by Gasteiger charge is -2.28. The average molecular weight is 276 g/mol. The molecule has 1 aromatic rings. The van der Waals surface area contributed by atoms with Gasteiger partial charge in [0.1, 0.15) is 0 Å². The molecular formula is C17H28N2O. The predicted molar refractivity (Wildman–Crippen MR) is 82.4 cm³/mol. The third-order valence-electron chi connectivity index (χ3n) is 4.12. The van der Waals surface area contributed by atoms with Crippen LogP contribution in [0.5, 0.6) is 0 Å². The summed E-state index contributed by atoms with van der Waals surface area (Å²) in [4.78, 5) is 4.50. The van der Waals surface area contributed by atoms with E-state index in [-0.39, 0.29) is 0 Å². The molecule has 1 heterocycles. The van der Waals surface area contributed by atoms with E-state index in [1.165, 1.54) is 37.7 Å². The maximum atomic E-state index is 6.04. The molecule has 1 N–H and O–H groups in total. The summed E-state index contributed by atoms with van der Waals surface area (Å²) in [5.74, 6) is 0.696. The van der Waals surface area contributed by atoms with Crippen molar-refractivity contribution in [2.24, 2.45) is 5.92 Å². The molecule has 0 aromatic carbocycles. The van der Waals surface area contributed by atoms with E-state index in [0.29, 0.717) is 18.6 Å². The highest BCUT2D eigenvalue weighted by Gasteiger charge is 2.21. The number of hydrogen-bond donors (Lipinski definition) is 1. The van der Waals surface area contributed by atoms with E-state index in [4.69, 9.17) is 4.74 Å². The molecule has 0 amide bonds. The maximum absolute atomic E-state index is 6.04. The zero-order valence-electron chi connectivity index (χ0n) is 12.9. The van der Waals surface area contributed by atoms with Crippen LogP contribution in [0.25, 0.3) is 0 Å². The number of ether oxygens (including phenoxy) is 1. The SMILES string of the molecule is CCCNCc1ccc(COC2CCCCC2C)nc1. The monoisotopic (exact) mass is 276 g/mol. The first-order valence-corrected chi connectivity index (χ1v) is 8.05. The summed E-state index contributed by atoms with van der Waals surface area (Å²) in [7, 11) is 0. The Labute approximate surface area is 123 Å². The van der Waals surface area contributed by atoms with E-state index >= 15 is 0 Å². The third kappa shape index (κ3) is 4.88. The van der Waals surface area contributed by atoms with E-state index in [0.717, 1.165) is 18.8 Å². The van der Waals surface area contributed by atoms with Gasteiger partial charge in [0.15, 0.2) is 0 Å². The highest BCUT2D eigenvalue weighted by Crippen LogP contribution is 2.26. The van der Waals surface area contributed by atoms with E-state index in [2.05, 4.69) is 36.3 Å².